The monoisotopic (exact) mass is 510 g/mol. The van der Waals surface area contributed by atoms with Gasteiger partial charge in [-0.25, -0.2) is 13.2 Å². The van der Waals surface area contributed by atoms with E-state index in [9.17, 15) is 23.1 Å². The molecule has 0 spiro atoms. The zero-order chi connectivity index (χ0) is 26.0. The molecule has 0 bridgehead atoms. The van der Waals surface area contributed by atoms with Crippen molar-refractivity contribution in [1.29, 1.82) is 5.41 Å². The normalized spacial score (nSPS) is 16.8. The molecule has 1 heterocycles. The number of hydrogen-bond donors (Lipinski definition) is 4. The largest absolute Gasteiger partial charge is 0.497 e. The van der Waals surface area contributed by atoms with Crippen LogP contribution in [0.3, 0.4) is 0 Å². The molecule has 1 fully saturated rings. The maximum Gasteiger partial charge on any atom is 0.326 e. The van der Waals surface area contributed by atoms with Crippen LogP contribution in [0.15, 0.2) is 65.6 Å². The molecule has 0 aromatic heterocycles. The van der Waals surface area contributed by atoms with Crippen molar-refractivity contribution in [1.82, 2.24) is 9.62 Å². The molecule has 1 amide bonds. The summed E-state index contributed by atoms with van der Waals surface area (Å²) in [5.74, 6) is -1.30. The minimum atomic E-state index is -4.05. The first-order valence-electron chi connectivity index (χ1n) is 11.2. The van der Waals surface area contributed by atoms with Crippen LogP contribution in [-0.4, -0.2) is 61.9 Å². The molecule has 5 N–H and O–H groups in total. The average molecular weight is 511 g/mol. The van der Waals surface area contributed by atoms with Crippen molar-refractivity contribution < 1.29 is 27.9 Å². The third-order valence-electron chi connectivity index (χ3n) is 6.22. The fourth-order valence-electron chi connectivity index (χ4n) is 4.25. The van der Waals surface area contributed by atoms with Gasteiger partial charge in [0.05, 0.1) is 12.0 Å². The van der Waals surface area contributed by atoms with Crippen LogP contribution in [-0.2, 0) is 26.0 Å². The minimum absolute atomic E-state index is 0.00477. The van der Waals surface area contributed by atoms with Gasteiger partial charge >= 0.3 is 5.97 Å². The average Bonchev–Trinajstić information content (AvgIpc) is 3.20. The van der Waals surface area contributed by atoms with E-state index in [2.05, 4.69) is 4.72 Å². The molecule has 188 valence electrons. The van der Waals surface area contributed by atoms with Gasteiger partial charge in [0.2, 0.25) is 15.9 Å². The minimum Gasteiger partial charge on any atom is -0.497 e. The fraction of sp³-hybridized carbons (Fsp3) is 0.240. The first-order chi connectivity index (χ1) is 17.1. The second-order valence-corrected chi connectivity index (χ2v) is 10.3. The topological polar surface area (TPSA) is 163 Å². The highest BCUT2D eigenvalue weighted by molar-refractivity contribution is 7.89. The Morgan fingerprint density at radius 1 is 1.17 bits per heavy atom. The Morgan fingerprint density at radius 2 is 1.86 bits per heavy atom. The lowest BCUT2D eigenvalue weighted by Crippen LogP contribution is -2.48. The summed E-state index contributed by atoms with van der Waals surface area (Å²) in [6.07, 6.45) is 0.178. The van der Waals surface area contributed by atoms with Crippen molar-refractivity contribution in [3.63, 3.8) is 0 Å². The zero-order valence-corrected chi connectivity index (χ0v) is 20.3. The summed E-state index contributed by atoms with van der Waals surface area (Å²) < 4.78 is 33.8. The van der Waals surface area contributed by atoms with Crippen molar-refractivity contribution >= 4 is 38.5 Å². The third kappa shape index (κ3) is 5.16. The molecule has 4 rings (SSSR count). The number of benzene rings is 3. The van der Waals surface area contributed by atoms with Crippen LogP contribution in [0.2, 0.25) is 0 Å². The quantitative estimate of drug-likeness (QED) is 0.251. The molecule has 1 aliphatic rings. The standard InChI is InChI=1S/C25H26N4O6S/c1-35-19-8-6-16-7-9-20(14-18(16)13-19)36(33,34)28-21-10-11-29(24(21)30)22(25(31)32)12-15-2-4-17(5-3-15)23(26)27/h2-9,13-14,21-22,28H,10-12H2,1H3,(H3,26,27)(H,31,32). The zero-order valence-electron chi connectivity index (χ0n) is 19.5. The number of nitrogens with two attached hydrogens (primary N) is 1. The number of nitrogens with zero attached hydrogens (tertiary/aromatic N) is 1. The van der Waals surface area contributed by atoms with E-state index in [0.29, 0.717) is 22.3 Å². The van der Waals surface area contributed by atoms with Gasteiger partial charge in [0.1, 0.15) is 23.7 Å². The number of nitrogens with one attached hydrogen (secondary N) is 2. The van der Waals surface area contributed by atoms with Crippen LogP contribution in [0.5, 0.6) is 5.75 Å². The maximum atomic E-state index is 13.1. The number of carbonyl (C=O) groups is 2. The summed E-state index contributed by atoms with van der Waals surface area (Å²) in [4.78, 5) is 26.3. The highest BCUT2D eigenvalue weighted by Crippen LogP contribution is 2.25. The number of sulfonamides is 1. The van der Waals surface area contributed by atoms with E-state index in [4.69, 9.17) is 15.9 Å². The molecule has 0 radical (unpaired) electrons. The van der Waals surface area contributed by atoms with E-state index in [1.165, 1.54) is 24.1 Å². The molecule has 0 aliphatic carbocycles. The number of carboxylic acids is 1. The molecule has 1 aliphatic heterocycles. The lowest BCUT2D eigenvalue weighted by Gasteiger charge is -2.25. The Morgan fingerprint density at radius 3 is 2.50 bits per heavy atom. The van der Waals surface area contributed by atoms with E-state index < -0.39 is 34.0 Å². The van der Waals surface area contributed by atoms with Gasteiger partial charge in [-0.05, 0) is 47.0 Å². The Hall–Kier alpha value is -3.96. The number of hydrogen-bond acceptors (Lipinski definition) is 6. The van der Waals surface area contributed by atoms with E-state index in [1.807, 2.05) is 6.07 Å². The predicted molar refractivity (Wildman–Crippen MR) is 134 cm³/mol. The Balaban J connectivity index is 1.50. The van der Waals surface area contributed by atoms with Crippen LogP contribution in [0.1, 0.15) is 17.5 Å². The van der Waals surface area contributed by atoms with Crippen LogP contribution in [0, 0.1) is 5.41 Å². The molecule has 0 saturated carbocycles. The van der Waals surface area contributed by atoms with Gasteiger partial charge in [0, 0.05) is 18.5 Å². The molecule has 2 atom stereocenters. The van der Waals surface area contributed by atoms with Crippen molar-refractivity contribution in [2.24, 2.45) is 5.73 Å². The molecule has 3 aromatic carbocycles. The summed E-state index contributed by atoms with van der Waals surface area (Å²) in [5.41, 5.74) is 6.61. The number of ether oxygens (including phenoxy) is 1. The Labute approximate surface area is 208 Å². The van der Waals surface area contributed by atoms with Crippen LogP contribution >= 0.6 is 0 Å². The third-order valence-corrected chi connectivity index (χ3v) is 7.69. The summed E-state index contributed by atoms with van der Waals surface area (Å²) in [6, 6.07) is 14.2. The number of amidine groups is 1. The van der Waals surface area contributed by atoms with E-state index >= 15 is 0 Å². The molecule has 11 heteroatoms. The number of likely N-dealkylation sites (tertiary alicyclic amines) is 1. The number of aliphatic carboxylic acids is 1. The van der Waals surface area contributed by atoms with Crippen molar-refractivity contribution in [2.45, 2.75) is 29.8 Å². The number of carboxylic acid groups (broad SMARTS) is 1. The van der Waals surface area contributed by atoms with Crippen LogP contribution < -0.4 is 15.2 Å². The number of amides is 1. The van der Waals surface area contributed by atoms with Gasteiger partial charge in [0.15, 0.2) is 0 Å². The number of carbonyl (C=O) groups excluding carboxylic acids is 1. The molecule has 1 saturated heterocycles. The predicted octanol–water partition coefficient (Wildman–Crippen LogP) is 1.71. The molecular formula is C25H26N4O6S. The van der Waals surface area contributed by atoms with Crippen LogP contribution in [0.25, 0.3) is 10.8 Å². The fourth-order valence-corrected chi connectivity index (χ4v) is 5.51. The van der Waals surface area contributed by atoms with Crippen LogP contribution in [0.4, 0.5) is 0 Å². The summed E-state index contributed by atoms with van der Waals surface area (Å²) in [6.45, 7) is 0.101. The van der Waals surface area contributed by atoms with Gasteiger partial charge in [-0.3, -0.25) is 10.2 Å². The first kappa shape index (κ1) is 25.1. The van der Waals surface area contributed by atoms with Gasteiger partial charge in [-0.15, -0.1) is 0 Å². The number of methoxy groups -OCH3 is 1. The lowest BCUT2D eigenvalue weighted by atomic mass is 10.0. The Bertz CT molecular complexity index is 1440. The van der Waals surface area contributed by atoms with E-state index in [1.54, 1.807) is 42.5 Å². The second-order valence-electron chi connectivity index (χ2n) is 8.54. The van der Waals surface area contributed by atoms with Crippen molar-refractivity contribution in [3.8, 4) is 5.75 Å². The first-order valence-corrected chi connectivity index (χ1v) is 12.6. The highest BCUT2D eigenvalue weighted by Gasteiger charge is 2.40. The van der Waals surface area contributed by atoms with Gasteiger partial charge in [-0.2, -0.15) is 4.72 Å². The molecule has 2 unspecified atom stereocenters. The van der Waals surface area contributed by atoms with Gasteiger partial charge in [0.25, 0.3) is 0 Å². The number of fused-ring (bicyclic) bond motifs is 1. The Kier molecular flexibility index (Phi) is 6.95. The SMILES string of the molecule is COc1ccc2ccc(S(=O)(=O)NC3CCN(C(Cc4ccc(C(=N)N)cc4)C(=O)O)C3=O)cc2c1. The van der Waals surface area contributed by atoms with Gasteiger partial charge < -0.3 is 20.5 Å². The van der Waals surface area contributed by atoms with E-state index in [0.717, 1.165) is 5.39 Å². The summed E-state index contributed by atoms with van der Waals surface area (Å²) >= 11 is 0. The molecule has 10 nitrogen and oxygen atoms in total. The van der Waals surface area contributed by atoms with Gasteiger partial charge in [-0.1, -0.05) is 36.4 Å². The second kappa shape index (κ2) is 9.96. The number of nitrogen functional groups attached to an aromatic ring is 1. The summed E-state index contributed by atoms with van der Waals surface area (Å²) in [5, 5.41) is 18.8. The smallest absolute Gasteiger partial charge is 0.326 e. The maximum absolute atomic E-state index is 13.1. The summed E-state index contributed by atoms with van der Waals surface area (Å²) in [7, 11) is -2.53. The van der Waals surface area contributed by atoms with Crippen molar-refractivity contribution in [2.75, 3.05) is 13.7 Å². The lowest BCUT2D eigenvalue weighted by molar-refractivity contribution is -0.148. The number of rotatable bonds is 9. The molecular weight excluding hydrogens is 484 g/mol. The highest BCUT2D eigenvalue weighted by atomic mass is 32.2. The van der Waals surface area contributed by atoms with E-state index in [-0.39, 0.29) is 30.1 Å². The van der Waals surface area contributed by atoms with Crippen molar-refractivity contribution in [3.05, 3.63) is 71.8 Å². The molecule has 36 heavy (non-hydrogen) atoms. The molecule has 3 aromatic rings.